The van der Waals surface area contributed by atoms with Gasteiger partial charge >= 0.3 is 6.18 Å². The molecule has 1 aromatic heterocycles. The molecule has 0 aliphatic rings. The van der Waals surface area contributed by atoms with Crippen LogP contribution in [-0.2, 0) is 6.18 Å². The molecule has 4 nitrogen and oxygen atoms in total. The summed E-state index contributed by atoms with van der Waals surface area (Å²) in [6, 6.07) is 4.86. The molecule has 0 aliphatic carbocycles. The largest absolute Gasteiger partial charge is 0.418 e. The van der Waals surface area contributed by atoms with E-state index in [4.69, 9.17) is 0 Å². The molecule has 1 N–H and O–H groups in total. The number of hydrogen-bond acceptors (Lipinski definition) is 4. The van der Waals surface area contributed by atoms with Gasteiger partial charge in [0.25, 0.3) is 0 Å². The lowest BCUT2D eigenvalue weighted by Gasteiger charge is -2.15. The highest BCUT2D eigenvalue weighted by molar-refractivity contribution is 5.64. The Labute approximate surface area is 123 Å². The maximum atomic E-state index is 13.7. The molecule has 1 atom stereocenters. The maximum Gasteiger partial charge on any atom is 0.418 e. The van der Waals surface area contributed by atoms with Gasteiger partial charge in [0.05, 0.1) is 28.8 Å². The summed E-state index contributed by atoms with van der Waals surface area (Å²) in [5.41, 5.74) is -1.26. The molecule has 22 heavy (non-hydrogen) atoms. The van der Waals surface area contributed by atoms with Crippen LogP contribution in [-0.4, -0.2) is 4.98 Å². The highest BCUT2D eigenvalue weighted by Gasteiger charge is 2.34. The zero-order valence-electron chi connectivity index (χ0n) is 11.4. The number of benzene rings is 1. The first-order valence-corrected chi connectivity index (χ1v) is 6.24. The number of nitrogens with one attached hydrogen (secondary N) is 1. The van der Waals surface area contributed by atoms with Crippen molar-refractivity contribution in [3.63, 3.8) is 0 Å². The smallest absolute Gasteiger partial charge is 0.351 e. The standard InChI is InChI=1S/C14H11F4N3O/c1-8(21-22)12-6-5-9(7-19-12)20-13-10(14(16,17)18)3-2-4-11(13)15/h2-8,20H,1H3. The Bertz CT molecular complexity index is 671. The van der Waals surface area contributed by atoms with Crippen LogP contribution in [0, 0.1) is 10.7 Å². The van der Waals surface area contributed by atoms with E-state index in [-0.39, 0.29) is 5.69 Å². The van der Waals surface area contributed by atoms with Gasteiger partial charge in [-0.05, 0) is 31.2 Å². The van der Waals surface area contributed by atoms with Crippen molar-refractivity contribution in [2.45, 2.75) is 19.1 Å². The van der Waals surface area contributed by atoms with E-state index in [1.54, 1.807) is 0 Å². The zero-order chi connectivity index (χ0) is 16.3. The van der Waals surface area contributed by atoms with Gasteiger partial charge in [0, 0.05) is 0 Å². The minimum Gasteiger partial charge on any atom is -0.351 e. The van der Waals surface area contributed by atoms with Crippen molar-refractivity contribution < 1.29 is 17.6 Å². The van der Waals surface area contributed by atoms with Gasteiger partial charge in [0.15, 0.2) is 0 Å². The fraction of sp³-hybridized carbons (Fsp3) is 0.214. The Morgan fingerprint density at radius 3 is 2.50 bits per heavy atom. The second-order valence-electron chi connectivity index (χ2n) is 4.54. The molecule has 116 valence electrons. The van der Waals surface area contributed by atoms with Crippen LogP contribution in [0.2, 0.25) is 0 Å². The van der Waals surface area contributed by atoms with Gasteiger partial charge in [-0.3, -0.25) is 4.98 Å². The average Bonchev–Trinajstić information content (AvgIpc) is 2.48. The van der Waals surface area contributed by atoms with Gasteiger partial charge in [-0.2, -0.15) is 18.1 Å². The number of para-hydroxylation sites is 1. The number of hydrogen-bond donors (Lipinski definition) is 1. The number of rotatable bonds is 4. The third-order valence-corrected chi connectivity index (χ3v) is 2.96. The first-order valence-electron chi connectivity index (χ1n) is 6.24. The lowest BCUT2D eigenvalue weighted by atomic mass is 10.1. The van der Waals surface area contributed by atoms with Crippen LogP contribution in [0.4, 0.5) is 28.9 Å². The molecule has 1 heterocycles. The van der Waals surface area contributed by atoms with Crippen LogP contribution in [0.25, 0.3) is 0 Å². The third kappa shape index (κ3) is 3.38. The molecule has 0 saturated heterocycles. The van der Waals surface area contributed by atoms with Crippen LogP contribution < -0.4 is 5.32 Å². The molecule has 0 radical (unpaired) electrons. The van der Waals surface area contributed by atoms with Crippen molar-refractivity contribution in [2.24, 2.45) is 5.18 Å². The van der Waals surface area contributed by atoms with Gasteiger partial charge < -0.3 is 5.32 Å². The van der Waals surface area contributed by atoms with Gasteiger partial charge in [-0.15, -0.1) is 0 Å². The topological polar surface area (TPSA) is 54.4 Å². The SMILES string of the molecule is CC(N=O)c1ccc(Nc2c(F)cccc2C(F)(F)F)cn1. The normalized spacial score (nSPS) is 12.8. The van der Waals surface area contributed by atoms with Gasteiger partial charge in [0.1, 0.15) is 11.9 Å². The lowest BCUT2D eigenvalue weighted by Crippen LogP contribution is -2.10. The molecular formula is C14H11F4N3O. The first-order chi connectivity index (χ1) is 10.3. The summed E-state index contributed by atoms with van der Waals surface area (Å²) in [6.45, 7) is 1.53. The molecule has 2 aromatic rings. The van der Waals surface area contributed by atoms with Crippen LogP contribution in [0.3, 0.4) is 0 Å². The summed E-state index contributed by atoms with van der Waals surface area (Å²) in [5.74, 6) is -1.03. The quantitative estimate of drug-likeness (QED) is 0.651. The summed E-state index contributed by atoms with van der Waals surface area (Å²) in [7, 11) is 0. The van der Waals surface area contributed by atoms with Crippen molar-refractivity contribution in [3.05, 3.63) is 58.5 Å². The highest BCUT2D eigenvalue weighted by Crippen LogP contribution is 2.37. The summed E-state index contributed by atoms with van der Waals surface area (Å²) < 4.78 is 52.3. The van der Waals surface area contributed by atoms with E-state index in [1.165, 1.54) is 25.3 Å². The lowest BCUT2D eigenvalue weighted by molar-refractivity contribution is -0.137. The van der Waals surface area contributed by atoms with Crippen LogP contribution in [0.5, 0.6) is 0 Å². The fourth-order valence-corrected chi connectivity index (χ4v) is 1.81. The summed E-state index contributed by atoms with van der Waals surface area (Å²) >= 11 is 0. The zero-order valence-corrected chi connectivity index (χ0v) is 11.4. The summed E-state index contributed by atoms with van der Waals surface area (Å²) in [5, 5.41) is 5.16. The number of nitrogens with zero attached hydrogens (tertiary/aromatic N) is 2. The summed E-state index contributed by atoms with van der Waals surface area (Å²) in [6.07, 6.45) is -3.47. The number of aromatic nitrogens is 1. The van der Waals surface area contributed by atoms with E-state index in [9.17, 15) is 22.5 Å². The van der Waals surface area contributed by atoms with Crippen molar-refractivity contribution in [3.8, 4) is 0 Å². The minimum atomic E-state index is -4.69. The molecule has 0 amide bonds. The van der Waals surface area contributed by atoms with E-state index in [0.29, 0.717) is 5.69 Å². The predicted octanol–water partition coefficient (Wildman–Crippen LogP) is 4.81. The van der Waals surface area contributed by atoms with Crippen LogP contribution in [0.15, 0.2) is 41.7 Å². The minimum absolute atomic E-state index is 0.164. The monoisotopic (exact) mass is 313 g/mol. The molecule has 1 unspecified atom stereocenters. The van der Waals surface area contributed by atoms with E-state index in [2.05, 4.69) is 15.5 Å². The molecule has 1 aromatic carbocycles. The highest BCUT2D eigenvalue weighted by atomic mass is 19.4. The summed E-state index contributed by atoms with van der Waals surface area (Å²) in [4.78, 5) is 14.3. The number of anilines is 2. The predicted molar refractivity (Wildman–Crippen MR) is 73.1 cm³/mol. The van der Waals surface area contributed by atoms with Crippen molar-refractivity contribution in [1.82, 2.24) is 4.98 Å². The number of pyridine rings is 1. The second-order valence-corrected chi connectivity index (χ2v) is 4.54. The first kappa shape index (κ1) is 15.9. The Kier molecular flexibility index (Phi) is 4.39. The number of alkyl halides is 3. The van der Waals surface area contributed by atoms with E-state index in [1.807, 2.05) is 0 Å². The molecular weight excluding hydrogens is 302 g/mol. The second kappa shape index (κ2) is 6.08. The number of nitroso groups, excluding NO2 is 1. The average molecular weight is 313 g/mol. The molecule has 0 spiro atoms. The number of halogens is 4. The Morgan fingerprint density at radius 2 is 1.95 bits per heavy atom. The molecule has 8 heteroatoms. The van der Waals surface area contributed by atoms with Gasteiger partial charge in [-0.1, -0.05) is 11.2 Å². The van der Waals surface area contributed by atoms with E-state index >= 15 is 0 Å². The van der Waals surface area contributed by atoms with Crippen molar-refractivity contribution in [1.29, 1.82) is 0 Å². The molecule has 0 saturated carbocycles. The molecule has 0 fully saturated rings. The van der Waals surface area contributed by atoms with Gasteiger partial charge in [-0.25, -0.2) is 4.39 Å². The Hall–Kier alpha value is -2.51. The van der Waals surface area contributed by atoms with E-state index in [0.717, 1.165) is 18.2 Å². The van der Waals surface area contributed by atoms with E-state index < -0.39 is 29.3 Å². The Balaban J connectivity index is 2.33. The van der Waals surface area contributed by atoms with Crippen LogP contribution in [0.1, 0.15) is 24.2 Å². The maximum absolute atomic E-state index is 13.7. The Morgan fingerprint density at radius 1 is 1.23 bits per heavy atom. The molecule has 2 rings (SSSR count). The van der Waals surface area contributed by atoms with Gasteiger partial charge in [0.2, 0.25) is 0 Å². The molecule has 0 bridgehead atoms. The fourth-order valence-electron chi connectivity index (χ4n) is 1.81. The molecule has 0 aliphatic heterocycles. The van der Waals surface area contributed by atoms with Crippen LogP contribution >= 0.6 is 0 Å². The van der Waals surface area contributed by atoms with Crippen molar-refractivity contribution in [2.75, 3.05) is 5.32 Å². The third-order valence-electron chi connectivity index (χ3n) is 2.96. The van der Waals surface area contributed by atoms with Crippen molar-refractivity contribution >= 4 is 11.4 Å².